The van der Waals surface area contributed by atoms with Crippen molar-refractivity contribution in [1.29, 1.82) is 0 Å². The Labute approximate surface area is 138 Å². The van der Waals surface area contributed by atoms with E-state index in [1.807, 2.05) is 18.2 Å². The van der Waals surface area contributed by atoms with E-state index >= 15 is 0 Å². The number of hydrogen-bond acceptors (Lipinski definition) is 3. The number of nitrogens with one attached hydrogen (secondary N) is 1. The van der Waals surface area contributed by atoms with E-state index in [1.54, 1.807) is 7.11 Å². The van der Waals surface area contributed by atoms with E-state index in [1.165, 1.54) is 0 Å². The summed E-state index contributed by atoms with van der Waals surface area (Å²) in [6.45, 7) is 3.38. The summed E-state index contributed by atoms with van der Waals surface area (Å²) in [6.07, 6.45) is 3.98. The van der Waals surface area contributed by atoms with Crippen LogP contribution in [-0.4, -0.2) is 32.0 Å². The van der Waals surface area contributed by atoms with Gasteiger partial charge in [0.15, 0.2) is 11.5 Å². The lowest BCUT2D eigenvalue weighted by Gasteiger charge is -2.15. The van der Waals surface area contributed by atoms with Gasteiger partial charge in [0, 0.05) is 18.8 Å². The lowest BCUT2D eigenvalue weighted by molar-refractivity contribution is -0.121. The van der Waals surface area contributed by atoms with Crippen LogP contribution in [0.25, 0.3) is 0 Å². The van der Waals surface area contributed by atoms with E-state index in [2.05, 4.69) is 12.2 Å². The molecule has 22 heavy (non-hydrogen) atoms. The summed E-state index contributed by atoms with van der Waals surface area (Å²) in [6, 6.07) is 5.84. The molecule has 124 valence electrons. The highest BCUT2D eigenvalue weighted by Gasteiger charge is 2.11. The van der Waals surface area contributed by atoms with Gasteiger partial charge in [-0.05, 0) is 30.9 Å². The molecule has 4 nitrogen and oxygen atoms in total. The number of halogens is 1. The molecule has 5 heteroatoms. The van der Waals surface area contributed by atoms with Crippen LogP contribution in [0.2, 0.25) is 0 Å². The number of para-hydroxylation sites is 1. The topological polar surface area (TPSA) is 47.6 Å². The van der Waals surface area contributed by atoms with Crippen molar-refractivity contribution in [2.45, 2.75) is 39.0 Å². The van der Waals surface area contributed by atoms with Gasteiger partial charge in [-0.15, -0.1) is 11.6 Å². The minimum atomic E-state index is 0.0389. The second-order valence-electron chi connectivity index (χ2n) is 5.04. The third-order valence-corrected chi connectivity index (χ3v) is 3.55. The average Bonchev–Trinajstić information content (AvgIpc) is 2.54. The number of carbonyl (C=O) groups excluding carboxylic acids is 1. The quantitative estimate of drug-likeness (QED) is 0.499. The number of alkyl halides is 1. The van der Waals surface area contributed by atoms with Gasteiger partial charge in [-0.1, -0.05) is 25.5 Å². The predicted molar refractivity (Wildman–Crippen MR) is 90.1 cm³/mol. The molecule has 0 radical (unpaired) electrons. The molecular formula is C17H26ClNO3. The van der Waals surface area contributed by atoms with Gasteiger partial charge in [0.2, 0.25) is 5.91 Å². The molecule has 0 aliphatic heterocycles. The number of unbranched alkanes of at least 4 members (excludes halogenated alkanes) is 1. The molecule has 0 aliphatic carbocycles. The van der Waals surface area contributed by atoms with E-state index in [0.29, 0.717) is 38.3 Å². The molecule has 1 aromatic carbocycles. The maximum Gasteiger partial charge on any atom is 0.220 e. The van der Waals surface area contributed by atoms with Crippen LogP contribution in [0.1, 0.15) is 38.2 Å². The summed E-state index contributed by atoms with van der Waals surface area (Å²) >= 11 is 5.58. The predicted octanol–water partition coefficient (Wildman–Crippen LogP) is 3.55. The normalized spacial score (nSPS) is 10.3. The van der Waals surface area contributed by atoms with E-state index in [0.717, 1.165) is 29.9 Å². The first-order valence-electron chi connectivity index (χ1n) is 7.84. The lowest BCUT2D eigenvalue weighted by Crippen LogP contribution is -2.25. The first-order chi connectivity index (χ1) is 10.7. The van der Waals surface area contributed by atoms with Gasteiger partial charge >= 0.3 is 0 Å². The number of ether oxygens (including phenoxy) is 2. The Morgan fingerprint density at radius 2 is 2.14 bits per heavy atom. The Bertz CT molecular complexity index is 452. The first-order valence-corrected chi connectivity index (χ1v) is 8.37. The van der Waals surface area contributed by atoms with E-state index in [9.17, 15) is 4.79 Å². The molecule has 0 saturated carbocycles. The van der Waals surface area contributed by atoms with Crippen molar-refractivity contribution in [3.63, 3.8) is 0 Å². The van der Waals surface area contributed by atoms with Gasteiger partial charge < -0.3 is 14.8 Å². The summed E-state index contributed by atoms with van der Waals surface area (Å²) < 4.78 is 11.2. The molecule has 0 bridgehead atoms. The Morgan fingerprint density at radius 1 is 1.32 bits per heavy atom. The fourth-order valence-corrected chi connectivity index (χ4v) is 2.19. The van der Waals surface area contributed by atoms with Gasteiger partial charge in [0.05, 0.1) is 13.7 Å². The molecule has 1 rings (SSSR count). The fourth-order valence-electron chi connectivity index (χ4n) is 2.05. The highest BCUT2D eigenvalue weighted by Crippen LogP contribution is 2.31. The van der Waals surface area contributed by atoms with Crippen molar-refractivity contribution in [2.24, 2.45) is 0 Å². The van der Waals surface area contributed by atoms with Crippen molar-refractivity contribution in [2.75, 3.05) is 26.1 Å². The molecule has 0 atom stereocenters. The SMILES string of the molecule is CCCCOc1c(CCNC(=O)CCCCl)cccc1OC. The van der Waals surface area contributed by atoms with Crippen LogP contribution >= 0.6 is 11.6 Å². The molecule has 0 heterocycles. The van der Waals surface area contributed by atoms with Gasteiger partial charge in [0.25, 0.3) is 0 Å². The number of hydrogen-bond donors (Lipinski definition) is 1. The second kappa shape index (κ2) is 11.2. The highest BCUT2D eigenvalue weighted by atomic mass is 35.5. The maximum atomic E-state index is 11.6. The van der Waals surface area contributed by atoms with Gasteiger partial charge in [0.1, 0.15) is 0 Å². The molecule has 0 fully saturated rings. The van der Waals surface area contributed by atoms with Gasteiger partial charge in [-0.3, -0.25) is 4.79 Å². The summed E-state index contributed by atoms with van der Waals surface area (Å²) in [5.74, 6) is 2.08. The standard InChI is InChI=1S/C17H26ClNO3/c1-3-4-13-22-17-14(7-5-8-15(17)21-2)10-12-19-16(20)9-6-11-18/h5,7-8H,3-4,6,9-13H2,1-2H3,(H,19,20). The van der Waals surface area contributed by atoms with Crippen LogP contribution in [0.4, 0.5) is 0 Å². The third-order valence-electron chi connectivity index (χ3n) is 3.28. The van der Waals surface area contributed by atoms with Gasteiger partial charge in [-0.2, -0.15) is 0 Å². The average molecular weight is 328 g/mol. The van der Waals surface area contributed by atoms with Crippen molar-refractivity contribution in [3.05, 3.63) is 23.8 Å². The highest BCUT2D eigenvalue weighted by molar-refractivity contribution is 6.17. The minimum Gasteiger partial charge on any atom is -0.493 e. The van der Waals surface area contributed by atoms with Crippen molar-refractivity contribution >= 4 is 17.5 Å². The first kappa shape index (κ1) is 18.6. The number of benzene rings is 1. The fraction of sp³-hybridized carbons (Fsp3) is 0.588. The van der Waals surface area contributed by atoms with Crippen molar-refractivity contribution < 1.29 is 14.3 Å². The van der Waals surface area contributed by atoms with Crippen LogP contribution in [0.3, 0.4) is 0 Å². The van der Waals surface area contributed by atoms with E-state index < -0.39 is 0 Å². The number of amides is 1. The third kappa shape index (κ3) is 6.56. The van der Waals surface area contributed by atoms with Crippen LogP contribution in [0, 0.1) is 0 Å². The van der Waals surface area contributed by atoms with Crippen LogP contribution in [-0.2, 0) is 11.2 Å². The number of methoxy groups -OCH3 is 1. The summed E-state index contributed by atoms with van der Waals surface area (Å²) in [5, 5.41) is 2.90. The Balaban J connectivity index is 2.58. The smallest absolute Gasteiger partial charge is 0.220 e. The molecule has 0 unspecified atom stereocenters. The zero-order chi connectivity index (χ0) is 16.2. The zero-order valence-electron chi connectivity index (χ0n) is 13.5. The Hall–Kier alpha value is -1.42. The van der Waals surface area contributed by atoms with Crippen molar-refractivity contribution in [1.82, 2.24) is 5.32 Å². The molecule has 0 spiro atoms. The Kier molecular flexibility index (Phi) is 9.47. The molecule has 1 aromatic rings. The van der Waals surface area contributed by atoms with E-state index in [-0.39, 0.29) is 5.91 Å². The van der Waals surface area contributed by atoms with Gasteiger partial charge in [-0.25, -0.2) is 0 Å². The second-order valence-corrected chi connectivity index (χ2v) is 5.42. The number of carbonyl (C=O) groups is 1. The zero-order valence-corrected chi connectivity index (χ0v) is 14.2. The molecule has 1 amide bonds. The lowest BCUT2D eigenvalue weighted by atomic mass is 10.1. The summed E-state index contributed by atoms with van der Waals surface area (Å²) in [5.41, 5.74) is 1.05. The summed E-state index contributed by atoms with van der Waals surface area (Å²) in [7, 11) is 1.64. The van der Waals surface area contributed by atoms with Crippen molar-refractivity contribution in [3.8, 4) is 11.5 Å². The molecule has 0 aromatic heterocycles. The molecule has 1 N–H and O–H groups in total. The largest absolute Gasteiger partial charge is 0.493 e. The van der Waals surface area contributed by atoms with Crippen LogP contribution in [0.5, 0.6) is 11.5 Å². The van der Waals surface area contributed by atoms with Crippen LogP contribution in [0.15, 0.2) is 18.2 Å². The Morgan fingerprint density at radius 3 is 2.82 bits per heavy atom. The number of rotatable bonds is 11. The molecule has 0 saturated heterocycles. The van der Waals surface area contributed by atoms with E-state index in [4.69, 9.17) is 21.1 Å². The van der Waals surface area contributed by atoms with Crippen LogP contribution < -0.4 is 14.8 Å². The molecule has 0 aliphatic rings. The maximum absolute atomic E-state index is 11.6. The minimum absolute atomic E-state index is 0.0389. The monoisotopic (exact) mass is 327 g/mol. The molecular weight excluding hydrogens is 302 g/mol. The summed E-state index contributed by atoms with van der Waals surface area (Å²) in [4.78, 5) is 11.6.